The number of fused-ring (bicyclic) bond motifs is 1. The molecule has 0 unspecified atom stereocenters. The fourth-order valence-corrected chi connectivity index (χ4v) is 4.77. The lowest BCUT2D eigenvalue weighted by Gasteiger charge is -2.29. The Hall–Kier alpha value is -2.74. The maximum Gasteiger partial charge on any atom is 0.265 e. The quantitative estimate of drug-likeness (QED) is 0.718. The van der Waals surface area contributed by atoms with Gasteiger partial charge in [0.2, 0.25) is 5.91 Å². The number of ether oxygens (including phenoxy) is 2. The van der Waals surface area contributed by atoms with Crippen LogP contribution >= 0.6 is 0 Å². The Balaban J connectivity index is 1.99. The molecule has 0 saturated heterocycles. The number of amides is 1. The summed E-state index contributed by atoms with van der Waals surface area (Å²) in [6.07, 6.45) is 0. The zero-order valence-corrected chi connectivity index (χ0v) is 19.7. The van der Waals surface area contributed by atoms with Crippen LogP contribution in [0.4, 0.5) is 11.4 Å². The molecule has 0 saturated carbocycles. The second-order valence-corrected chi connectivity index (χ2v) is 10.6. The minimum Gasteiger partial charge on any atom is -0.495 e. The zero-order chi connectivity index (χ0) is 23.0. The van der Waals surface area contributed by atoms with Crippen LogP contribution in [0.2, 0.25) is 0 Å². The van der Waals surface area contributed by atoms with Crippen molar-refractivity contribution in [1.82, 2.24) is 0 Å². The molecule has 3 rings (SSSR count). The number of aryl methyl sites for hydroxylation is 1. The van der Waals surface area contributed by atoms with Crippen LogP contribution in [0.3, 0.4) is 0 Å². The van der Waals surface area contributed by atoms with Crippen LogP contribution in [0.1, 0.15) is 33.3 Å². The number of anilines is 2. The number of rotatable bonds is 6. The van der Waals surface area contributed by atoms with Crippen LogP contribution in [-0.4, -0.2) is 34.6 Å². The Morgan fingerprint density at radius 2 is 1.90 bits per heavy atom. The molecule has 0 radical (unpaired) electrons. The Morgan fingerprint density at radius 1 is 1.19 bits per heavy atom. The zero-order valence-electron chi connectivity index (χ0n) is 18.9. The molecule has 2 aromatic rings. The van der Waals surface area contributed by atoms with Crippen molar-refractivity contribution >= 4 is 27.3 Å². The summed E-state index contributed by atoms with van der Waals surface area (Å²) in [5.41, 5.74) is 1.10. The van der Waals surface area contributed by atoms with Crippen LogP contribution in [0.25, 0.3) is 0 Å². The molecule has 168 valence electrons. The summed E-state index contributed by atoms with van der Waals surface area (Å²) in [6, 6.07) is 9.96. The van der Waals surface area contributed by atoms with Gasteiger partial charge in [0, 0.05) is 12.6 Å². The molecular formula is C23H30N2O5S. The monoisotopic (exact) mass is 446 g/mol. The van der Waals surface area contributed by atoms with E-state index in [9.17, 15) is 13.2 Å². The predicted molar refractivity (Wildman–Crippen MR) is 121 cm³/mol. The summed E-state index contributed by atoms with van der Waals surface area (Å²) >= 11 is 0. The van der Waals surface area contributed by atoms with Crippen molar-refractivity contribution < 1.29 is 22.7 Å². The Labute approximate surface area is 184 Å². The van der Waals surface area contributed by atoms with Crippen molar-refractivity contribution in [2.24, 2.45) is 11.3 Å². The average molecular weight is 447 g/mol. The van der Waals surface area contributed by atoms with Crippen LogP contribution in [-0.2, 0) is 14.8 Å². The van der Waals surface area contributed by atoms with Gasteiger partial charge in [-0.05, 0) is 56.5 Å². The number of methoxy groups -OCH3 is 1. The predicted octanol–water partition coefficient (Wildman–Crippen LogP) is 4.21. The lowest BCUT2D eigenvalue weighted by molar-refractivity contribution is -0.127. The molecule has 7 nitrogen and oxygen atoms in total. The van der Waals surface area contributed by atoms with Crippen molar-refractivity contribution in [2.45, 2.75) is 39.5 Å². The summed E-state index contributed by atoms with van der Waals surface area (Å²) < 4.78 is 39.9. The molecule has 2 aromatic carbocycles. The molecule has 0 aromatic heterocycles. The molecule has 1 heterocycles. The standard InChI is InChI=1S/C23H30N2O5S/c1-15(2)13-25-18-9-8-17(12-20(18)30-14-23(4,5)22(25)26)24-31(27,28)21-11-16(3)7-10-19(21)29-6/h7-12,15,24H,13-14H2,1-6H3. The van der Waals surface area contributed by atoms with E-state index in [0.29, 0.717) is 23.7 Å². The maximum absolute atomic E-state index is 13.1. The Morgan fingerprint density at radius 3 is 2.55 bits per heavy atom. The fourth-order valence-electron chi connectivity index (χ4n) is 3.46. The minimum absolute atomic E-state index is 0.0159. The number of nitrogens with zero attached hydrogens (tertiary/aromatic N) is 1. The lowest BCUT2D eigenvalue weighted by Crippen LogP contribution is -2.43. The van der Waals surface area contributed by atoms with E-state index in [0.717, 1.165) is 5.56 Å². The third-order valence-electron chi connectivity index (χ3n) is 5.07. The second-order valence-electron chi connectivity index (χ2n) is 8.92. The van der Waals surface area contributed by atoms with Gasteiger partial charge in [-0.1, -0.05) is 19.9 Å². The van der Waals surface area contributed by atoms with Gasteiger partial charge >= 0.3 is 0 Å². The molecule has 1 aliphatic rings. The van der Waals surface area contributed by atoms with E-state index in [4.69, 9.17) is 9.47 Å². The molecule has 0 atom stereocenters. The molecule has 1 aliphatic heterocycles. The second kappa shape index (κ2) is 8.42. The molecule has 1 N–H and O–H groups in total. The highest BCUT2D eigenvalue weighted by molar-refractivity contribution is 7.92. The van der Waals surface area contributed by atoms with E-state index < -0.39 is 15.4 Å². The summed E-state index contributed by atoms with van der Waals surface area (Å²) in [6.45, 7) is 10.4. The number of sulfonamides is 1. The number of nitrogens with one attached hydrogen (secondary N) is 1. The molecule has 8 heteroatoms. The van der Waals surface area contributed by atoms with Gasteiger partial charge < -0.3 is 14.4 Å². The van der Waals surface area contributed by atoms with E-state index in [1.807, 2.05) is 34.6 Å². The van der Waals surface area contributed by atoms with Crippen molar-refractivity contribution in [3.8, 4) is 11.5 Å². The van der Waals surface area contributed by atoms with Crippen molar-refractivity contribution in [3.05, 3.63) is 42.0 Å². The number of carbonyl (C=O) groups excluding carboxylic acids is 1. The molecular weight excluding hydrogens is 416 g/mol. The highest BCUT2D eigenvalue weighted by Gasteiger charge is 2.38. The third-order valence-corrected chi connectivity index (χ3v) is 6.47. The normalized spacial score (nSPS) is 15.8. The van der Waals surface area contributed by atoms with Gasteiger partial charge in [0.1, 0.15) is 23.0 Å². The minimum atomic E-state index is -3.89. The third kappa shape index (κ3) is 4.79. The first-order chi connectivity index (χ1) is 14.4. The highest BCUT2D eigenvalue weighted by atomic mass is 32.2. The highest BCUT2D eigenvalue weighted by Crippen LogP contribution is 2.39. The molecule has 0 fully saturated rings. The van der Waals surface area contributed by atoms with Crippen LogP contribution in [0.5, 0.6) is 11.5 Å². The van der Waals surface area contributed by atoms with Gasteiger partial charge in [-0.2, -0.15) is 0 Å². The molecule has 0 spiro atoms. The summed E-state index contributed by atoms with van der Waals surface area (Å²) in [5.74, 6) is 0.978. The summed E-state index contributed by atoms with van der Waals surface area (Å²) in [5, 5.41) is 0. The van der Waals surface area contributed by atoms with Gasteiger partial charge in [0.25, 0.3) is 10.0 Å². The first-order valence-electron chi connectivity index (χ1n) is 10.2. The lowest BCUT2D eigenvalue weighted by atomic mass is 9.92. The van der Waals surface area contributed by atoms with E-state index in [1.165, 1.54) is 7.11 Å². The van der Waals surface area contributed by atoms with E-state index >= 15 is 0 Å². The van der Waals surface area contributed by atoms with E-state index in [-0.39, 0.29) is 29.1 Å². The summed E-state index contributed by atoms with van der Waals surface area (Å²) in [4.78, 5) is 14.9. The van der Waals surface area contributed by atoms with Gasteiger partial charge in [0.15, 0.2) is 0 Å². The average Bonchev–Trinajstić information content (AvgIpc) is 2.77. The smallest absolute Gasteiger partial charge is 0.265 e. The van der Waals surface area contributed by atoms with E-state index in [1.54, 1.807) is 41.3 Å². The van der Waals surface area contributed by atoms with Crippen LogP contribution in [0, 0.1) is 18.3 Å². The van der Waals surface area contributed by atoms with Crippen molar-refractivity contribution in [1.29, 1.82) is 0 Å². The van der Waals surface area contributed by atoms with E-state index in [2.05, 4.69) is 4.72 Å². The topological polar surface area (TPSA) is 84.9 Å². The van der Waals surface area contributed by atoms with Crippen LogP contribution < -0.4 is 19.1 Å². The summed E-state index contributed by atoms with van der Waals surface area (Å²) in [7, 11) is -2.46. The van der Waals surface area contributed by atoms with Crippen molar-refractivity contribution in [3.63, 3.8) is 0 Å². The van der Waals surface area contributed by atoms with Crippen molar-refractivity contribution in [2.75, 3.05) is 29.9 Å². The van der Waals surface area contributed by atoms with Gasteiger partial charge in [-0.3, -0.25) is 9.52 Å². The number of hydrogen-bond acceptors (Lipinski definition) is 5. The fraction of sp³-hybridized carbons (Fsp3) is 0.435. The number of hydrogen-bond donors (Lipinski definition) is 1. The number of carbonyl (C=O) groups is 1. The molecule has 0 aliphatic carbocycles. The Kier molecular flexibility index (Phi) is 6.23. The largest absolute Gasteiger partial charge is 0.495 e. The van der Waals surface area contributed by atoms with Gasteiger partial charge in [-0.15, -0.1) is 0 Å². The van der Waals surface area contributed by atoms with Gasteiger partial charge in [0.05, 0.1) is 23.9 Å². The SMILES string of the molecule is COc1ccc(C)cc1S(=O)(=O)Nc1ccc2c(c1)OCC(C)(C)C(=O)N2CC(C)C. The first kappa shape index (κ1) is 22.9. The number of benzene rings is 2. The molecule has 1 amide bonds. The Bertz CT molecular complexity index is 1090. The van der Waals surface area contributed by atoms with Crippen LogP contribution in [0.15, 0.2) is 41.3 Å². The molecule has 31 heavy (non-hydrogen) atoms. The maximum atomic E-state index is 13.1. The van der Waals surface area contributed by atoms with Gasteiger partial charge in [-0.25, -0.2) is 8.42 Å². The first-order valence-corrected chi connectivity index (χ1v) is 11.7. The molecule has 0 bridgehead atoms.